The summed E-state index contributed by atoms with van der Waals surface area (Å²) in [6.07, 6.45) is 2.12. The van der Waals surface area contributed by atoms with Gasteiger partial charge in [-0.3, -0.25) is 4.79 Å². The second kappa shape index (κ2) is 5.85. The Morgan fingerprint density at radius 1 is 1.59 bits per heavy atom. The largest absolute Gasteiger partial charge is 0.355 e. The lowest BCUT2D eigenvalue weighted by molar-refractivity contribution is -0.122. The molecule has 2 N–H and O–H groups in total. The van der Waals surface area contributed by atoms with Crippen molar-refractivity contribution in [2.75, 3.05) is 13.1 Å². The minimum absolute atomic E-state index is 0.207. The van der Waals surface area contributed by atoms with Crippen molar-refractivity contribution in [1.29, 1.82) is 0 Å². The topological polar surface area (TPSA) is 41.1 Å². The normalized spacial score (nSPS) is 16.8. The van der Waals surface area contributed by atoms with Gasteiger partial charge in [-0.2, -0.15) is 0 Å². The summed E-state index contributed by atoms with van der Waals surface area (Å²) in [5, 5.41) is 8.35. The monoisotopic (exact) mass is 272 g/mol. The van der Waals surface area contributed by atoms with Gasteiger partial charge in [-0.1, -0.05) is 11.6 Å². The summed E-state index contributed by atoms with van der Waals surface area (Å²) in [5.74, 6) is 0.501. The van der Waals surface area contributed by atoms with E-state index in [4.69, 9.17) is 11.6 Å². The van der Waals surface area contributed by atoms with Crippen LogP contribution in [-0.4, -0.2) is 19.0 Å². The van der Waals surface area contributed by atoms with Crippen LogP contribution in [-0.2, 0) is 4.79 Å². The average Bonchev–Trinajstić information content (AvgIpc) is 3.07. The molecule has 0 spiro atoms. The molecule has 0 saturated heterocycles. The van der Waals surface area contributed by atoms with Crippen LogP contribution in [0.3, 0.4) is 0 Å². The number of amides is 1. The molecule has 1 atom stereocenters. The van der Waals surface area contributed by atoms with Gasteiger partial charge < -0.3 is 10.6 Å². The maximum absolute atomic E-state index is 11.4. The molecule has 17 heavy (non-hydrogen) atoms. The van der Waals surface area contributed by atoms with E-state index in [1.165, 1.54) is 5.56 Å². The van der Waals surface area contributed by atoms with Crippen LogP contribution in [0.1, 0.15) is 31.4 Å². The fraction of sp³-hybridized carbons (Fsp3) is 0.583. The van der Waals surface area contributed by atoms with Gasteiger partial charge in [0.25, 0.3) is 0 Å². The highest BCUT2D eigenvalue weighted by Crippen LogP contribution is 2.28. The Bertz CT molecular complexity index is 390. The molecular formula is C12H17ClN2OS. The van der Waals surface area contributed by atoms with E-state index < -0.39 is 0 Å². The Balaban J connectivity index is 1.62. The van der Waals surface area contributed by atoms with E-state index >= 15 is 0 Å². The van der Waals surface area contributed by atoms with Crippen molar-refractivity contribution in [2.24, 2.45) is 5.92 Å². The van der Waals surface area contributed by atoms with Crippen molar-refractivity contribution in [2.45, 2.75) is 25.8 Å². The third-order valence-corrected chi connectivity index (χ3v) is 4.02. The van der Waals surface area contributed by atoms with E-state index in [9.17, 15) is 4.79 Å². The Labute approximate surface area is 111 Å². The van der Waals surface area contributed by atoms with Crippen LogP contribution in [0.15, 0.2) is 11.4 Å². The third kappa shape index (κ3) is 3.98. The number of rotatable bonds is 6. The third-order valence-electron chi connectivity index (χ3n) is 2.91. The molecule has 1 amide bonds. The molecule has 1 aromatic rings. The molecule has 1 saturated carbocycles. The number of nitrogens with one attached hydrogen (secondary N) is 2. The number of carbonyl (C=O) groups excluding carboxylic acids is 1. The van der Waals surface area contributed by atoms with Crippen molar-refractivity contribution in [1.82, 2.24) is 10.6 Å². The zero-order chi connectivity index (χ0) is 12.3. The van der Waals surface area contributed by atoms with Gasteiger partial charge in [-0.15, -0.1) is 11.3 Å². The van der Waals surface area contributed by atoms with Gasteiger partial charge in [0.1, 0.15) is 0 Å². The first-order chi connectivity index (χ1) is 8.16. The van der Waals surface area contributed by atoms with Crippen molar-refractivity contribution < 1.29 is 4.79 Å². The van der Waals surface area contributed by atoms with Gasteiger partial charge in [0, 0.05) is 25.0 Å². The van der Waals surface area contributed by atoms with E-state index in [0.717, 1.165) is 23.7 Å². The number of hydrogen-bond donors (Lipinski definition) is 2. The summed E-state index contributed by atoms with van der Waals surface area (Å²) >= 11 is 7.43. The van der Waals surface area contributed by atoms with Crippen molar-refractivity contribution in [3.8, 4) is 0 Å². The van der Waals surface area contributed by atoms with Crippen molar-refractivity contribution >= 4 is 28.8 Å². The van der Waals surface area contributed by atoms with Crippen LogP contribution in [0.25, 0.3) is 0 Å². The van der Waals surface area contributed by atoms with E-state index in [0.29, 0.717) is 12.5 Å². The summed E-state index contributed by atoms with van der Waals surface area (Å²) in [6, 6.07) is 2.25. The predicted molar refractivity (Wildman–Crippen MR) is 71.5 cm³/mol. The Kier molecular flexibility index (Phi) is 4.42. The molecule has 5 heteroatoms. The fourth-order valence-electron chi connectivity index (χ4n) is 1.63. The maximum atomic E-state index is 11.4. The fourth-order valence-corrected chi connectivity index (χ4v) is 2.62. The quantitative estimate of drug-likeness (QED) is 0.782. The van der Waals surface area contributed by atoms with Crippen LogP contribution < -0.4 is 10.6 Å². The minimum Gasteiger partial charge on any atom is -0.355 e. The Morgan fingerprint density at radius 3 is 2.94 bits per heavy atom. The minimum atomic E-state index is 0.207. The highest BCUT2D eigenvalue weighted by Gasteiger charge is 2.28. The first-order valence-electron chi connectivity index (χ1n) is 5.92. The molecule has 1 aliphatic carbocycles. The maximum Gasteiger partial charge on any atom is 0.223 e. The predicted octanol–water partition coefficient (Wildman–Crippen LogP) is 2.58. The molecular weight excluding hydrogens is 256 g/mol. The standard InChI is InChI=1S/C12H17ClN2OS/c1-8(10-6-11(13)17-7-10)14-4-5-15-12(16)9-2-3-9/h6-9,14H,2-5H2,1H3,(H,15,16). The lowest BCUT2D eigenvalue weighted by Gasteiger charge is -2.12. The van der Waals surface area contributed by atoms with Gasteiger partial charge in [0.2, 0.25) is 5.91 Å². The second-order valence-electron chi connectivity index (χ2n) is 4.43. The summed E-state index contributed by atoms with van der Waals surface area (Å²) in [7, 11) is 0. The molecule has 0 radical (unpaired) electrons. The lowest BCUT2D eigenvalue weighted by atomic mass is 10.2. The van der Waals surface area contributed by atoms with Crippen LogP contribution in [0.5, 0.6) is 0 Å². The molecule has 1 aromatic heterocycles. The molecule has 1 fully saturated rings. The summed E-state index contributed by atoms with van der Waals surface area (Å²) < 4.78 is 0.815. The van der Waals surface area contributed by atoms with Crippen LogP contribution >= 0.6 is 22.9 Å². The molecule has 2 rings (SSSR count). The number of halogens is 1. The number of carbonyl (C=O) groups is 1. The molecule has 94 valence electrons. The van der Waals surface area contributed by atoms with Crippen LogP contribution in [0.4, 0.5) is 0 Å². The van der Waals surface area contributed by atoms with Gasteiger partial charge in [0.05, 0.1) is 4.34 Å². The van der Waals surface area contributed by atoms with E-state index in [-0.39, 0.29) is 11.9 Å². The number of hydrogen-bond acceptors (Lipinski definition) is 3. The van der Waals surface area contributed by atoms with Gasteiger partial charge in [-0.25, -0.2) is 0 Å². The molecule has 3 nitrogen and oxygen atoms in total. The van der Waals surface area contributed by atoms with Gasteiger partial charge >= 0.3 is 0 Å². The molecule has 0 aliphatic heterocycles. The molecule has 0 aromatic carbocycles. The molecule has 0 bridgehead atoms. The Morgan fingerprint density at radius 2 is 2.35 bits per heavy atom. The SMILES string of the molecule is CC(NCCNC(=O)C1CC1)c1csc(Cl)c1. The lowest BCUT2D eigenvalue weighted by Crippen LogP contribution is -2.33. The Hall–Kier alpha value is -0.580. The smallest absolute Gasteiger partial charge is 0.223 e. The average molecular weight is 273 g/mol. The molecule has 1 unspecified atom stereocenters. The van der Waals surface area contributed by atoms with E-state index in [2.05, 4.69) is 22.9 Å². The van der Waals surface area contributed by atoms with Crippen molar-refractivity contribution in [3.63, 3.8) is 0 Å². The molecule has 1 heterocycles. The second-order valence-corrected chi connectivity index (χ2v) is 5.97. The van der Waals surface area contributed by atoms with Crippen LogP contribution in [0.2, 0.25) is 4.34 Å². The highest BCUT2D eigenvalue weighted by atomic mass is 35.5. The summed E-state index contributed by atoms with van der Waals surface area (Å²) in [4.78, 5) is 11.4. The summed E-state index contributed by atoms with van der Waals surface area (Å²) in [6.45, 7) is 3.58. The van der Waals surface area contributed by atoms with Gasteiger partial charge in [-0.05, 0) is 36.8 Å². The zero-order valence-electron chi connectivity index (χ0n) is 9.83. The first kappa shape index (κ1) is 12.9. The zero-order valence-corrected chi connectivity index (χ0v) is 11.4. The van der Waals surface area contributed by atoms with Crippen LogP contribution in [0, 0.1) is 5.92 Å². The van der Waals surface area contributed by atoms with E-state index in [1.807, 2.05) is 6.07 Å². The summed E-state index contributed by atoms with van der Waals surface area (Å²) in [5.41, 5.74) is 1.20. The molecule has 1 aliphatic rings. The number of thiophene rings is 1. The first-order valence-corrected chi connectivity index (χ1v) is 7.17. The van der Waals surface area contributed by atoms with E-state index in [1.54, 1.807) is 11.3 Å². The highest BCUT2D eigenvalue weighted by molar-refractivity contribution is 7.14. The van der Waals surface area contributed by atoms with Gasteiger partial charge in [0.15, 0.2) is 0 Å². The van der Waals surface area contributed by atoms with Crippen molar-refractivity contribution in [3.05, 3.63) is 21.3 Å².